The highest BCUT2D eigenvalue weighted by Crippen LogP contribution is 2.21. The van der Waals surface area contributed by atoms with Crippen LogP contribution in [0.5, 0.6) is 5.75 Å². The molecule has 0 bridgehead atoms. The fourth-order valence-corrected chi connectivity index (χ4v) is 3.12. The Morgan fingerprint density at radius 1 is 1.42 bits per heavy atom. The van der Waals surface area contributed by atoms with Crippen LogP contribution >= 0.6 is 0 Å². The van der Waals surface area contributed by atoms with Crippen molar-refractivity contribution in [3.63, 3.8) is 0 Å². The molecule has 1 heterocycles. The maximum absolute atomic E-state index is 11.3. The number of nitrogens with zero attached hydrogens (tertiary/aromatic N) is 1. The van der Waals surface area contributed by atoms with E-state index in [9.17, 15) is 8.42 Å². The molecule has 0 unspecified atom stereocenters. The summed E-state index contributed by atoms with van der Waals surface area (Å²) in [5.74, 6) is 1.06. The Morgan fingerprint density at radius 2 is 2.16 bits per heavy atom. The molecule has 1 saturated heterocycles. The topological polar surface area (TPSA) is 72.6 Å². The Kier molecular flexibility index (Phi) is 4.44. The third-order valence-corrected chi connectivity index (χ3v) is 4.46. The third-order valence-electron chi connectivity index (χ3n) is 3.41. The number of rotatable bonds is 4. The van der Waals surface area contributed by atoms with Gasteiger partial charge in [0, 0.05) is 19.0 Å². The Morgan fingerprint density at radius 3 is 2.84 bits per heavy atom. The monoisotopic (exact) mass is 284 g/mol. The van der Waals surface area contributed by atoms with Crippen LogP contribution in [-0.4, -0.2) is 32.4 Å². The van der Waals surface area contributed by atoms with Gasteiger partial charge in [0.1, 0.15) is 5.75 Å². The molecule has 1 aliphatic rings. The molecule has 0 radical (unpaired) electrons. The summed E-state index contributed by atoms with van der Waals surface area (Å²) in [5, 5.41) is 5.16. The van der Waals surface area contributed by atoms with Crippen molar-refractivity contribution >= 4 is 10.2 Å². The van der Waals surface area contributed by atoms with E-state index in [1.165, 1.54) is 4.31 Å². The zero-order valence-corrected chi connectivity index (χ0v) is 11.9. The Balaban J connectivity index is 1.92. The number of nitrogens with two attached hydrogens (primary N) is 1. The number of benzene rings is 1. The number of para-hydroxylation sites is 1. The van der Waals surface area contributed by atoms with E-state index in [0.29, 0.717) is 19.7 Å². The summed E-state index contributed by atoms with van der Waals surface area (Å²) in [5.41, 5.74) is 1.08. The normalized spacial score (nSPS) is 21.3. The molecule has 2 N–H and O–H groups in total. The van der Waals surface area contributed by atoms with Gasteiger partial charge in [-0.1, -0.05) is 18.2 Å². The van der Waals surface area contributed by atoms with E-state index in [1.807, 2.05) is 31.2 Å². The molecule has 1 fully saturated rings. The lowest BCUT2D eigenvalue weighted by atomic mass is 10.0. The van der Waals surface area contributed by atoms with Gasteiger partial charge in [0.25, 0.3) is 10.2 Å². The van der Waals surface area contributed by atoms with Crippen molar-refractivity contribution in [2.45, 2.75) is 19.8 Å². The summed E-state index contributed by atoms with van der Waals surface area (Å²) in [6.07, 6.45) is 1.80. The minimum absolute atomic E-state index is 0.201. The van der Waals surface area contributed by atoms with Gasteiger partial charge in [-0.15, -0.1) is 0 Å². The molecule has 1 atom stereocenters. The molecule has 19 heavy (non-hydrogen) atoms. The molecule has 6 heteroatoms. The van der Waals surface area contributed by atoms with Gasteiger partial charge in [0.15, 0.2) is 0 Å². The third kappa shape index (κ3) is 3.92. The highest BCUT2D eigenvalue weighted by atomic mass is 32.2. The van der Waals surface area contributed by atoms with Crippen LogP contribution in [0, 0.1) is 12.8 Å². The molecule has 0 aromatic heterocycles. The number of aryl methyl sites for hydroxylation is 1. The molecule has 5 nitrogen and oxygen atoms in total. The van der Waals surface area contributed by atoms with Crippen molar-refractivity contribution in [3.05, 3.63) is 29.8 Å². The van der Waals surface area contributed by atoms with Gasteiger partial charge in [0.05, 0.1) is 6.61 Å². The summed E-state index contributed by atoms with van der Waals surface area (Å²) < 4.78 is 29.8. The summed E-state index contributed by atoms with van der Waals surface area (Å²) in [4.78, 5) is 0. The Bertz CT molecular complexity index is 530. The van der Waals surface area contributed by atoms with Gasteiger partial charge < -0.3 is 4.74 Å². The number of piperidine rings is 1. The number of hydrogen-bond donors (Lipinski definition) is 1. The molecule has 1 aromatic rings. The van der Waals surface area contributed by atoms with E-state index in [2.05, 4.69) is 0 Å². The second-order valence-electron chi connectivity index (χ2n) is 4.99. The molecular weight excluding hydrogens is 264 g/mol. The smallest absolute Gasteiger partial charge is 0.276 e. The van der Waals surface area contributed by atoms with Crippen LogP contribution in [0.4, 0.5) is 0 Å². The fraction of sp³-hybridized carbons (Fsp3) is 0.538. The summed E-state index contributed by atoms with van der Waals surface area (Å²) in [7, 11) is -3.57. The van der Waals surface area contributed by atoms with Crippen molar-refractivity contribution in [3.8, 4) is 5.75 Å². The molecule has 0 spiro atoms. The first-order chi connectivity index (χ1) is 8.97. The SMILES string of the molecule is Cc1ccccc1OC[C@H]1CCCN(S(N)(=O)=O)C1. The molecule has 2 rings (SSSR count). The average Bonchev–Trinajstić information content (AvgIpc) is 2.37. The minimum atomic E-state index is -3.57. The highest BCUT2D eigenvalue weighted by molar-refractivity contribution is 7.86. The molecule has 106 valence electrons. The standard InChI is InChI=1S/C13H20N2O3S/c1-11-5-2-3-7-13(11)18-10-12-6-4-8-15(9-12)19(14,16)17/h2-3,5,7,12H,4,6,8-10H2,1H3,(H2,14,16,17)/t12-/m0/s1. The van der Waals surface area contributed by atoms with Crippen molar-refractivity contribution in [1.29, 1.82) is 0 Å². The van der Waals surface area contributed by atoms with Gasteiger partial charge in [-0.3, -0.25) is 0 Å². The molecule has 1 aromatic carbocycles. The lowest BCUT2D eigenvalue weighted by Gasteiger charge is -2.30. The van der Waals surface area contributed by atoms with Crippen LogP contribution in [0.15, 0.2) is 24.3 Å². The zero-order valence-electron chi connectivity index (χ0n) is 11.1. The molecular formula is C13H20N2O3S. The van der Waals surface area contributed by atoms with Gasteiger partial charge in [-0.25, -0.2) is 5.14 Å². The Hall–Kier alpha value is -1.11. The molecule has 1 aliphatic heterocycles. The second-order valence-corrected chi connectivity index (χ2v) is 6.53. The van der Waals surface area contributed by atoms with Crippen LogP contribution in [0.2, 0.25) is 0 Å². The van der Waals surface area contributed by atoms with Crippen molar-refractivity contribution < 1.29 is 13.2 Å². The maximum atomic E-state index is 11.3. The summed E-state index contributed by atoms with van der Waals surface area (Å²) in [6, 6.07) is 7.81. The highest BCUT2D eigenvalue weighted by Gasteiger charge is 2.26. The van der Waals surface area contributed by atoms with E-state index in [-0.39, 0.29) is 5.92 Å². The predicted octanol–water partition coefficient (Wildman–Crippen LogP) is 1.29. The van der Waals surface area contributed by atoms with Crippen LogP contribution in [0.3, 0.4) is 0 Å². The van der Waals surface area contributed by atoms with Gasteiger partial charge in [-0.2, -0.15) is 12.7 Å². The zero-order chi connectivity index (χ0) is 13.9. The summed E-state index contributed by atoms with van der Waals surface area (Å²) in [6.45, 7) is 3.48. The maximum Gasteiger partial charge on any atom is 0.276 e. The number of ether oxygens (including phenoxy) is 1. The quantitative estimate of drug-likeness (QED) is 0.905. The van der Waals surface area contributed by atoms with Crippen molar-refractivity contribution in [2.75, 3.05) is 19.7 Å². The lowest BCUT2D eigenvalue weighted by molar-refractivity contribution is 0.179. The van der Waals surface area contributed by atoms with Gasteiger partial charge >= 0.3 is 0 Å². The van der Waals surface area contributed by atoms with Crippen molar-refractivity contribution in [1.82, 2.24) is 4.31 Å². The first kappa shape index (κ1) is 14.3. The predicted molar refractivity (Wildman–Crippen MR) is 74.1 cm³/mol. The van der Waals surface area contributed by atoms with E-state index < -0.39 is 10.2 Å². The van der Waals surface area contributed by atoms with Crippen LogP contribution in [0.1, 0.15) is 18.4 Å². The fourth-order valence-electron chi connectivity index (χ4n) is 2.32. The molecule has 0 amide bonds. The van der Waals surface area contributed by atoms with Crippen LogP contribution in [-0.2, 0) is 10.2 Å². The van der Waals surface area contributed by atoms with Crippen LogP contribution < -0.4 is 9.88 Å². The van der Waals surface area contributed by atoms with Gasteiger partial charge in [0.2, 0.25) is 0 Å². The first-order valence-corrected chi connectivity index (χ1v) is 7.93. The van der Waals surface area contributed by atoms with Gasteiger partial charge in [-0.05, 0) is 31.4 Å². The van der Waals surface area contributed by atoms with E-state index in [1.54, 1.807) is 0 Å². The molecule has 0 aliphatic carbocycles. The average molecular weight is 284 g/mol. The molecule has 0 saturated carbocycles. The lowest BCUT2D eigenvalue weighted by Crippen LogP contribution is -2.44. The second kappa shape index (κ2) is 5.90. The first-order valence-electron chi connectivity index (χ1n) is 6.43. The van der Waals surface area contributed by atoms with Crippen molar-refractivity contribution in [2.24, 2.45) is 11.1 Å². The largest absolute Gasteiger partial charge is 0.493 e. The van der Waals surface area contributed by atoms with E-state index in [0.717, 1.165) is 24.2 Å². The summed E-state index contributed by atoms with van der Waals surface area (Å²) >= 11 is 0. The van der Waals surface area contributed by atoms with Crippen LogP contribution in [0.25, 0.3) is 0 Å². The van der Waals surface area contributed by atoms with E-state index >= 15 is 0 Å². The minimum Gasteiger partial charge on any atom is -0.493 e. The number of hydrogen-bond acceptors (Lipinski definition) is 3. The van der Waals surface area contributed by atoms with E-state index in [4.69, 9.17) is 9.88 Å². The Labute approximate surface area is 114 Å².